The molecule has 0 atom stereocenters. The summed E-state index contributed by atoms with van der Waals surface area (Å²) < 4.78 is 11.3. The zero-order valence-corrected chi connectivity index (χ0v) is 14.3. The number of aryl methyl sites for hydroxylation is 3. The number of nitrogens with zero attached hydrogens (tertiary/aromatic N) is 4. The van der Waals surface area contributed by atoms with Gasteiger partial charge in [-0.3, -0.25) is 0 Å². The second-order valence-corrected chi connectivity index (χ2v) is 7.07. The van der Waals surface area contributed by atoms with Crippen molar-refractivity contribution in [2.45, 2.75) is 26.2 Å². The summed E-state index contributed by atoms with van der Waals surface area (Å²) in [5.41, 5.74) is 2.21. The number of aromatic nitrogens is 4. The van der Waals surface area contributed by atoms with Crippen LogP contribution in [-0.2, 0) is 12.8 Å². The molecule has 0 radical (unpaired) electrons. The van der Waals surface area contributed by atoms with Crippen molar-refractivity contribution in [3.63, 3.8) is 0 Å². The van der Waals surface area contributed by atoms with Gasteiger partial charge in [0.25, 0.3) is 0 Å². The number of benzene rings is 1. The van der Waals surface area contributed by atoms with Crippen molar-refractivity contribution in [1.29, 1.82) is 0 Å². The molecule has 124 valence electrons. The lowest BCUT2D eigenvalue weighted by molar-refractivity contribution is 0.466. The monoisotopic (exact) mass is 350 g/mol. The molecule has 6 nitrogen and oxygen atoms in total. The van der Waals surface area contributed by atoms with Crippen LogP contribution >= 0.6 is 11.3 Å². The van der Waals surface area contributed by atoms with Crippen molar-refractivity contribution in [2.24, 2.45) is 0 Å². The molecule has 0 N–H and O–H groups in total. The fraction of sp³-hybridized carbons (Fsp3) is 0.222. The van der Waals surface area contributed by atoms with Gasteiger partial charge in [0, 0.05) is 10.4 Å². The van der Waals surface area contributed by atoms with Gasteiger partial charge < -0.3 is 9.15 Å². The first-order valence-corrected chi connectivity index (χ1v) is 8.93. The summed E-state index contributed by atoms with van der Waals surface area (Å²) in [4.78, 5) is 11.6. The predicted octanol–water partition coefficient (Wildman–Crippen LogP) is 4.33. The molecule has 1 aliphatic carbocycles. The number of rotatable bonds is 3. The molecule has 3 heterocycles. The van der Waals surface area contributed by atoms with Crippen LogP contribution in [0.25, 0.3) is 21.7 Å². The summed E-state index contributed by atoms with van der Waals surface area (Å²) >= 11 is 1.77. The van der Waals surface area contributed by atoms with E-state index in [9.17, 15) is 0 Å². The van der Waals surface area contributed by atoms with Crippen LogP contribution in [0.5, 0.6) is 11.6 Å². The third-order valence-corrected chi connectivity index (χ3v) is 5.50. The maximum Gasteiger partial charge on any atom is 0.247 e. The van der Waals surface area contributed by atoms with E-state index in [4.69, 9.17) is 9.15 Å². The van der Waals surface area contributed by atoms with Crippen LogP contribution in [0.2, 0.25) is 0 Å². The van der Waals surface area contributed by atoms with Gasteiger partial charge in [0.2, 0.25) is 18.2 Å². The van der Waals surface area contributed by atoms with E-state index in [2.05, 4.69) is 20.2 Å². The molecule has 7 heteroatoms. The maximum absolute atomic E-state index is 6.12. The van der Waals surface area contributed by atoms with Gasteiger partial charge in [-0.2, -0.15) is 4.98 Å². The SMILES string of the molecule is Cc1nc(Oc2ccc(-c3nnco3)cc2)c2c3c(sc2n1)CCC3. The van der Waals surface area contributed by atoms with E-state index in [0.29, 0.717) is 11.8 Å². The molecular formula is C18H14N4O2S. The van der Waals surface area contributed by atoms with E-state index in [1.54, 1.807) is 11.3 Å². The van der Waals surface area contributed by atoms with Crippen LogP contribution in [0, 0.1) is 6.92 Å². The molecule has 3 aromatic heterocycles. The van der Waals surface area contributed by atoms with E-state index in [-0.39, 0.29) is 0 Å². The van der Waals surface area contributed by atoms with Crippen molar-refractivity contribution >= 4 is 21.6 Å². The Morgan fingerprint density at radius 2 is 2.00 bits per heavy atom. The molecule has 0 unspecified atom stereocenters. The van der Waals surface area contributed by atoms with E-state index < -0.39 is 0 Å². The van der Waals surface area contributed by atoms with Gasteiger partial charge in [0.1, 0.15) is 16.4 Å². The fourth-order valence-corrected chi connectivity index (χ4v) is 4.51. The van der Waals surface area contributed by atoms with Crippen LogP contribution in [0.15, 0.2) is 35.1 Å². The van der Waals surface area contributed by atoms with Crippen LogP contribution in [0.4, 0.5) is 0 Å². The Morgan fingerprint density at radius 3 is 2.80 bits per heavy atom. The molecule has 0 amide bonds. The first-order chi connectivity index (χ1) is 12.3. The molecule has 25 heavy (non-hydrogen) atoms. The molecule has 1 aromatic carbocycles. The lowest BCUT2D eigenvalue weighted by Gasteiger charge is -2.08. The normalized spacial score (nSPS) is 13.3. The third kappa shape index (κ3) is 2.47. The molecule has 5 rings (SSSR count). The Kier molecular flexibility index (Phi) is 3.27. The van der Waals surface area contributed by atoms with E-state index in [0.717, 1.165) is 40.2 Å². The molecule has 0 spiro atoms. The highest BCUT2D eigenvalue weighted by atomic mass is 32.1. The van der Waals surface area contributed by atoms with Gasteiger partial charge in [-0.1, -0.05) is 0 Å². The van der Waals surface area contributed by atoms with Crippen LogP contribution < -0.4 is 4.74 Å². The maximum atomic E-state index is 6.12. The quantitative estimate of drug-likeness (QED) is 0.547. The minimum Gasteiger partial charge on any atom is -0.438 e. The zero-order chi connectivity index (χ0) is 16.8. The number of thiophene rings is 1. The molecule has 0 bridgehead atoms. The molecule has 0 saturated carbocycles. The lowest BCUT2D eigenvalue weighted by atomic mass is 10.2. The third-order valence-electron chi connectivity index (χ3n) is 4.32. The van der Waals surface area contributed by atoms with Crippen molar-refractivity contribution < 1.29 is 9.15 Å². The zero-order valence-electron chi connectivity index (χ0n) is 13.5. The van der Waals surface area contributed by atoms with E-state index in [1.165, 1.54) is 23.3 Å². The first kappa shape index (κ1) is 14.5. The van der Waals surface area contributed by atoms with Crippen molar-refractivity contribution in [3.05, 3.63) is 46.9 Å². The second kappa shape index (κ2) is 5.63. The van der Waals surface area contributed by atoms with E-state index >= 15 is 0 Å². The number of hydrogen-bond donors (Lipinski definition) is 0. The Balaban J connectivity index is 1.53. The summed E-state index contributed by atoms with van der Waals surface area (Å²) in [6.07, 6.45) is 4.72. The van der Waals surface area contributed by atoms with Crippen LogP contribution in [0.3, 0.4) is 0 Å². The van der Waals surface area contributed by atoms with Gasteiger partial charge in [0.05, 0.1) is 5.39 Å². The highest BCUT2D eigenvalue weighted by Crippen LogP contribution is 2.41. The Bertz CT molecular complexity index is 1060. The van der Waals surface area contributed by atoms with E-state index in [1.807, 2.05) is 31.2 Å². The number of fused-ring (bicyclic) bond motifs is 3. The molecular weight excluding hydrogens is 336 g/mol. The van der Waals surface area contributed by atoms with Gasteiger partial charge in [0.15, 0.2) is 0 Å². The minimum absolute atomic E-state index is 0.488. The summed E-state index contributed by atoms with van der Waals surface area (Å²) in [7, 11) is 0. The minimum atomic E-state index is 0.488. The van der Waals surface area contributed by atoms with Gasteiger partial charge >= 0.3 is 0 Å². The van der Waals surface area contributed by atoms with Gasteiger partial charge in [-0.15, -0.1) is 21.5 Å². The molecule has 4 aromatic rings. The highest BCUT2D eigenvalue weighted by molar-refractivity contribution is 7.19. The van der Waals surface area contributed by atoms with Crippen LogP contribution in [-0.4, -0.2) is 20.2 Å². The second-order valence-electron chi connectivity index (χ2n) is 5.98. The highest BCUT2D eigenvalue weighted by Gasteiger charge is 2.23. The number of ether oxygens (including phenoxy) is 1. The van der Waals surface area contributed by atoms with Crippen LogP contribution in [0.1, 0.15) is 22.7 Å². The molecule has 0 fully saturated rings. The standard InChI is InChI=1S/C18H14N4O2S/c1-10-20-17(15-13-3-2-4-14(13)25-18(15)21-10)24-12-7-5-11(6-8-12)16-22-19-9-23-16/h5-9H,2-4H2,1H3. The van der Waals surface area contributed by atoms with Crippen molar-refractivity contribution in [2.75, 3.05) is 0 Å². The summed E-state index contributed by atoms with van der Waals surface area (Å²) in [5.74, 6) is 2.58. The molecule has 0 aliphatic heterocycles. The molecule has 0 saturated heterocycles. The van der Waals surface area contributed by atoms with Gasteiger partial charge in [-0.05, 0) is 56.0 Å². The smallest absolute Gasteiger partial charge is 0.247 e. The topological polar surface area (TPSA) is 73.9 Å². The summed E-state index contributed by atoms with van der Waals surface area (Å²) in [6.45, 7) is 1.90. The lowest BCUT2D eigenvalue weighted by Crippen LogP contribution is -1.95. The number of hydrogen-bond acceptors (Lipinski definition) is 7. The average Bonchev–Trinajstić information content (AvgIpc) is 3.32. The largest absolute Gasteiger partial charge is 0.438 e. The molecule has 1 aliphatic rings. The Hall–Kier alpha value is -2.80. The first-order valence-electron chi connectivity index (χ1n) is 8.11. The van der Waals surface area contributed by atoms with Crippen molar-refractivity contribution in [1.82, 2.24) is 20.2 Å². The predicted molar refractivity (Wildman–Crippen MR) is 94.0 cm³/mol. The Morgan fingerprint density at radius 1 is 1.12 bits per heavy atom. The van der Waals surface area contributed by atoms with Gasteiger partial charge in [-0.25, -0.2) is 4.98 Å². The Labute approximate surface area is 147 Å². The average molecular weight is 350 g/mol. The summed E-state index contributed by atoms with van der Waals surface area (Å²) in [6, 6.07) is 7.56. The summed E-state index contributed by atoms with van der Waals surface area (Å²) in [5, 5.41) is 8.68. The van der Waals surface area contributed by atoms with Crippen molar-refractivity contribution in [3.8, 4) is 23.1 Å². The fourth-order valence-electron chi connectivity index (χ4n) is 3.21.